The van der Waals surface area contributed by atoms with Crippen LogP contribution in [-0.4, -0.2) is 58.2 Å². The average Bonchev–Trinajstić information content (AvgIpc) is 3.04. The monoisotopic (exact) mass is 346 g/mol. The smallest absolute Gasteiger partial charge is 0.192 e. The summed E-state index contributed by atoms with van der Waals surface area (Å²) in [5, 5.41) is 0.0992. The fourth-order valence-corrected chi connectivity index (χ4v) is 4.24. The van der Waals surface area contributed by atoms with Gasteiger partial charge in [0.1, 0.15) is 18.3 Å². The molecule has 3 saturated heterocycles. The van der Waals surface area contributed by atoms with Crippen LogP contribution in [0.15, 0.2) is 0 Å². The van der Waals surface area contributed by atoms with Crippen LogP contribution in [0.4, 0.5) is 0 Å². The second-order valence-corrected chi connectivity index (χ2v) is 13.3. The first-order valence-corrected chi connectivity index (χ1v) is 11.3. The lowest BCUT2D eigenvalue weighted by atomic mass is 10.1. The van der Waals surface area contributed by atoms with E-state index in [9.17, 15) is 0 Å². The molecule has 0 radical (unpaired) electrons. The van der Waals surface area contributed by atoms with Crippen molar-refractivity contribution in [2.24, 2.45) is 0 Å². The Balaban J connectivity index is 1.82. The molecule has 3 aliphatic heterocycles. The summed E-state index contributed by atoms with van der Waals surface area (Å²) in [5.41, 5.74) is 0. The summed E-state index contributed by atoms with van der Waals surface area (Å²) in [6.45, 7) is 16.1. The first kappa shape index (κ1) is 17.8. The van der Waals surface area contributed by atoms with Gasteiger partial charge >= 0.3 is 0 Å². The second-order valence-electron chi connectivity index (χ2n) is 8.52. The molecule has 0 saturated carbocycles. The third-order valence-electron chi connectivity index (χ3n) is 5.18. The van der Waals surface area contributed by atoms with Crippen LogP contribution in [0.5, 0.6) is 0 Å². The molecule has 0 N–H and O–H groups in total. The summed E-state index contributed by atoms with van der Waals surface area (Å²) in [6, 6.07) is 0. The van der Waals surface area contributed by atoms with Crippen molar-refractivity contribution < 1.29 is 28.1 Å². The van der Waals surface area contributed by atoms with Gasteiger partial charge in [-0.3, -0.25) is 0 Å². The summed E-state index contributed by atoms with van der Waals surface area (Å²) >= 11 is 0. The highest BCUT2D eigenvalue weighted by molar-refractivity contribution is 6.74. The van der Waals surface area contributed by atoms with E-state index >= 15 is 0 Å². The van der Waals surface area contributed by atoms with Crippen LogP contribution in [-0.2, 0) is 28.1 Å². The zero-order valence-electron chi connectivity index (χ0n) is 15.3. The van der Waals surface area contributed by atoms with Crippen molar-refractivity contribution in [3.63, 3.8) is 0 Å². The van der Waals surface area contributed by atoms with E-state index < -0.39 is 26.7 Å². The topological polar surface area (TPSA) is 55.4 Å². The van der Waals surface area contributed by atoms with Crippen LogP contribution in [0, 0.1) is 0 Å². The Hall–Kier alpha value is -0.0231. The highest BCUT2D eigenvalue weighted by atomic mass is 28.4. The van der Waals surface area contributed by atoms with Crippen molar-refractivity contribution in [1.82, 2.24) is 0 Å². The quantitative estimate of drug-likeness (QED) is 0.732. The van der Waals surface area contributed by atoms with Gasteiger partial charge in [0.2, 0.25) is 0 Å². The number of fused-ring (bicyclic) bond motifs is 1. The van der Waals surface area contributed by atoms with Crippen LogP contribution in [0.3, 0.4) is 0 Å². The minimum absolute atomic E-state index is 0.0992. The molecule has 0 unspecified atom stereocenters. The van der Waals surface area contributed by atoms with Gasteiger partial charge in [0.05, 0.1) is 13.2 Å². The van der Waals surface area contributed by atoms with Crippen molar-refractivity contribution in [2.75, 3.05) is 13.2 Å². The fraction of sp³-hybridized carbons (Fsp3) is 1.00. The predicted octanol–water partition coefficient (Wildman–Crippen LogP) is 2.63. The highest BCUT2D eigenvalue weighted by Gasteiger charge is 2.59. The third kappa shape index (κ3) is 3.38. The van der Waals surface area contributed by atoms with E-state index in [1.807, 2.05) is 13.8 Å². The van der Waals surface area contributed by atoms with Crippen molar-refractivity contribution >= 4 is 8.32 Å². The second kappa shape index (κ2) is 5.76. The molecule has 6 nitrogen and oxygen atoms in total. The van der Waals surface area contributed by atoms with Crippen LogP contribution < -0.4 is 0 Å². The molecule has 4 atom stereocenters. The number of hydrogen-bond donors (Lipinski definition) is 0. The maximum atomic E-state index is 6.64. The highest BCUT2D eigenvalue weighted by Crippen LogP contribution is 2.45. The average molecular weight is 346 g/mol. The van der Waals surface area contributed by atoms with Gasteiger partial charge in [-0.1, -0.05) is 20.8 Å². The summed E-state index contributed by atoms with van der Waals surface area (Å²) in [5.74, 6) is -0.660. The summed E-state index contributed by atoms with van der Waals surface area (Å²) < 4.78 is 36.0. The van der Waals surface area contributed by atoms with E-state index in [4.69, 9.17) is 28.1 Å². The molecule has 0 aromatic carbocycles. The Morgan fingerprint density at radius 1 is 0.957 bits per heavy atom. The molecule has 3 rings (SSSR count). The van der Waals surface area contributed by atoms with Crippen molar-refractivity contribution in [3.05, 3.63) is 0 Å². The molecule has 23 heavy (non-hydrogen) atoms. The SMILES string of the molecule is CC1(C)O[C@H]2O[C@H](C3OCCO3)[C@H](O[Si](C)(C)C(C)(C)C)[C@H]2O1. The van der Waals surface area contributed by atoms with E-state index in [2.05, 4.69) is 33.9 Å². The molecule has 0 spiro atoms. The van der Waals surface area contributed by atoms with Gasteiger partial charge in [0.25, 0.3) is 0 Å². The molecule has 0 bridgehead atoms. The Morgan fingerprint density at radius 2 is 1.57 bits per heavy atom. The summed E-state index contributed by atoms with van der Waals surface area (Å²) in [6.07, 6.45) is -1.66. The molecule has 3 aliphatic rings. The third-order valence-corrected chi connectivity index (χ3v) is 9.65. The summed E-state index contributed by atoms with van der Waals surface area (Å²) in [4.78, 5) is 0. The molecular weight excluding hydrogens is 316 g/mol. The Morgan fingerprint density at radius 3 is 2.13 bits per heavy atom. The Bertz CT molecular complexity index is 440. The van der Waals surface area contributed by atoms with Crippen molar-refractivity contribution in [2.45, 2.75) is 89.4 Å². The van der Waals surface area contributed by atoms with Gasteiger partial charge in [0, 0.05) is 0 Å². The normalized spacial score (nSPS) is 38.2. The lowest BCUT2D eigenvalue weighted by Gasteiger charge is -2.41. The van der Waals surface area contributed by atoms with E-state index in [0.717, 1.165) is 0 Å². The van der Waals surface area contributed by atoms with E-state index in [-0.39, 0.29) is 23.4 Å². The van der Waals surface area contributed by atoms with Gasteiger partial charge < -0.3 is 28.1 Å². The molecule has 7 heteroatoms. The zero-order chi connectivity index (χ0) is 17.0. The van der Waals surface area contributed by atoms with Gasteiger partial charge in [-0.25, -0.2) is 0 Å². The number of rotatable bonds is 3. The minimum atomic E-state index is -2.00. The number of ether oxygens (including phenoxy) is 5. The first-order valence-electron chi connectivity index (χ1n) is 8.42. The fourth-order valence-electron chi connectivity index (χ4n) is 2.94. The summed E-state index contributed by atoms with van der Waals surface area (Å²) in [7, 11) is -2.00. The van der Waals surface area contributed by atoms with Crippen LogP contribution in [0.25, 0.3) is 0 Å². The van der Waals surface area contributed by atoms with Gasteiger partial charge in [-0.2, -0.15) is 0 Å². The molecular formula is C16H30O6Si. The molecule has 134 valence electrons. The lowest BCUT2D eigenvalue weighted by molar-refractivity contribution is -0.243. The van der Waals surface area contributed by atoms with Gasteiger partial charge in [-0.05, 0) is 32.0 Å². The van der Waals surface area contributed by atoms with E-state index in [1.165, 1.54) is 0 Å². The van der Waals surface area contributed by atoms with Crippen LogP contribution in [0.1, 0.15) is 34.6 Å². The number of hydrogen-bond acceptors (Lipinski definition) is 6. The lowest BCUT2D eigenvalue weighted by Crippen LogP contribution is -2.52. The standard InChI is InChI=1S/C16H30O6Si/c1-15(2,3)23(6,7)22-10-11(13-17-8-9-18-13)19-14-12(10)20-16(4,5)21-14/h10-14H,8-9H2,1-7H3/t10-,11-,12+,14+/m0/s1. The first-order chi connectivity index (χ1) is 10.5. The van der Waals surface area contributed by atoms with E-state index in [1.54, 1.807) is 0 Å². The van der Waals surface area contributed by atoms with Crippen LogP contribution in [0.2, 0.25) is 18.1 Å². The van der Waals surface area contributed by atoms with Gasteiger partial charge in [-0.15, -0.1) is 0 Å². The van der Waals surface area contributed by atoms with Crippen molar-refractivity contribution in [1.29, 1.82) is 0 Å². The van der Waals surface area contributed by atoms with E-state index in [0.29, 0.717) is 13.2 Å². The maximum Gasteiger partial charge on any atom is 0.192 e. The zero-order valence-corrected chi connectivity index (χ0v) is 16.3. The van der Waals surface area contributed by atoms with Crippen molar-refractivity contribution in [3.8, 4) is 0 Å². The van der Waals surface area contributed by atoms with Gasteiger partial charge in [0.15, 0.2) is 26.7 Å². The molecule has 3 heterocycles. The molecule has 0 amide bonds. The molecule has 0 aromatic heterocycles. The predicted molar refractivity (Wildman–Crippen MR) is 86.5 cm³/mol. The molecule has 3 fully saturated rings. The Kier molecular flexibility index (Phi) is 4.45. The maximum absolute atomic E-state index is 6.64. The largest absolute Gasteiger partial charge is 0.408 e. The molecule has 0 aromatic rings. The minimum Gasteiger partial charge on any atom is -0.408 e. The van der Waals surface area contributed by atoms with Crippen LogP contribution >= 0.6 is 0 Å². The Labute approximate surface area is 139 Å². The molecule has 0 aliphatic carbocycles.